The number of aliphatic hydroxyl groups is 1. The molecule has 1 aromatic carbocycles. The zero-order chi connectivity index (χ0) is 15.9. The Bertz CT molecular complexity index is 769. The molecule has 7 heteroatoms. The van der Waals surface area contributed by atoms with E-state index in [2.05, 4.69) is 11.1 Å². The fourth-order valence-electron chi connectivity index (χ4n) is 2.63. The molecule has 1 aromatic heterocycles. The van der Waals surface area contributed by atoms with E-state index < -0.39 is 11.8 Å². The minimum Gasteiger partial charge on any atom is -0.395 e. The van der Waals surface area contributed by atoms with Crippen LogP contribution in [-0.4, -0.2) is 29.8 Å². The Hall–Kier alpha value is -1.97. The molecule has 1 aliphatic rings. The molecule has 0 atom stereocenters. The van der Waals surface area contributed by atoms with Gasteiger partial charge in [0.2, 0.25) is 0 Å². The van der Waals surface area contributed by atoms with Gasteiger partial charge in [-0.15, -0.1) is 0 Å². The van der Waals surface area contributed by atoms with Gasteiger partial charge >= 0.3 is 0 Å². The molecule has 3 rings (SSSR count). The maximum Gasteiger partial charge on any atom is 0.280 e. The summed E-state index contributed by atoms with van der Waals surface area (Å²) in [6.45, 7) is 0.314. The molecule has 1 fully saturated rings. The van der Waals surface area contributed by atoms with E-state index in [1.54, 1.807) is 23.1 Å². The molecule has 0 unspecified atom stereocenters. The van der Waals surface area contributed by atoms with Crippen molar-refractivity contribution < 1.29 is 13.9 Å². The molecule has 0 aliphatic carbocycles. The molecule has 0 spiro atoms. The highest BCUT2D eigenvalue weighted by Crippen LogP contribution is 2.39. The van der Waals surface area contributed by atoms with Crippen molar-refractivity contribution in [3.63, 3.8) is 0 Å². The van der Waals surface area contributed by atoms with Crippen molar-refractivity contribution in [3.8, 4) is 6.07 Å². The third-order valence-electron chi connectivity index (χ3n) is 3.86. The normalized spacial score (nSPS) is 16.6. The highest BCUT2D eigenvalue weighted by Gasteiger charge is 2.43. The molecule has 0 amide bonds. The van der Waals surface area contributed by atoms with Gasteiger partial charge in [-0.1, -0.05) is 11.6 Å². The summed E-state index contributed by atoms with van der Waals surface area (Å²) < 4.78 is 26.0. The molecule has 1 aliphatic heterocycles. The second kappa shape index (κ2) is 5.34. The number of nitrogens with zero attached hydrogens (tertiary/aromatic N) is 3. The Morgan fingerprint density at radius 3 is 2.73 bits per heavy atom. The number of anilines is 1. The summed E-state index contributed by atoms with van der Waals surface area (Å²) in [5, 5.41) is 19.5. The number of nitriles is 1. The van der Waals surface area contributed by atoms with Crippen LogP contribution < -0.4 is 4.90 Å². The third-order valence-corrected chi connectivity index (χ3v) is 4.09. The summed E-state index contributed by atoms with van der Waals surface area (Å²) in [7, 11) is 0. The van der Waals surface area contributed by atoms with E-state index in [0.29, 0.717) is 21.6 Å². The van der Waals surface area contributed by atoms with Gasteiger partial charge in [0.1, 0.15) is 11.1 Å². The van der Waals surface area contributed by atoms with Crippen molar-refractivity contribution in [2.75, 3.05) is 24.6 Å². The van der Waals surface area contributed by atoms with Gasteiger partial charge in [-0.25, -0.2) is 13.8 Å². The second-order valence-corrected chi connectivity index (χ2v) is 5.87. The lowest BCUT2D eigenvalue weighted by atomic mass is 9.81. The van der Waals surface area contributed by atoms with E-state index in [-0.39, 0.29) is 25.4 Å². The van der Waals surface area contributed by atoms with E-state index in [1.165, 1.54) is 6.07 Å². The van der Waals surface area contributed by atoms with Crippen LogP contribution in [0.3, 0.4) is 0 Å². The van der Waals surface area contributed by atoms with Crippen molar-refractivity contribution in [1.82, 2.24) is 4.98 Å². The lowest BCUT2D eigenvalue weighted by molar-refractivity contribution is 0.142. The van der Waals surface area contributed by atoms with Crippen molar-refractivity contribution in [1.29, 1.82) is 5.26 Å². The van der Waals surface area contributed by atoms with Gasteiger partial charge in [-0.2, -0.15) is 5.26 Å². The number of alkyl halides is 2. The van der Waals surface area contributed by atoms with Gasteiger partial charge < -0.3 is 10.0 Å². The van der Waals surface area contributed by atoms with Gasteiger partial charge in [0.05, 0.1) is 18.2 Å². The van der Waals surface area contributed by atoms with Crippen LogP contribution in [0.1, 0.15) is 12.1 Å². The molecule has 2 heterocycles. The molecule has 0 bridgehead atoms. The number of aliphatic hydroxyl groups excluding tert-OH is 1. The van der Waals surface area contributed by atoms with Crippen LogP contribution in [-0.2, 0) is 0 Å². The standard InChI is InChI=1S/C15H12ClF2N3O/c16-9-1-2-11-10(3-9)13(4-12(20-11)14(17)18)21-6-15(5-19,7-21)8-22/h1-4,14,22H,6-8H2. The Labute approximate surface area is 130 Å². The fraction of sp³-hybridized carbons (Fsp3) is 0.333. The van der Waals surface area contributed by atoms with Crippen LogP contribution in [0.5, 0.6) is 0 Å². The van der Waals surface area contributed by atoms with Gasteiger partial charge in [-0.05, 0) is 24.3 Å². The molecule has 1 N–H and O–H groups in total. The Balaban J connectivity index is 2.08. The largest absolute Gasteiger partial charge is 0.395 e. The van der Waals surface area contributed by atoms with Gasteiger partial charge in [-0.3, -0.25) is 0 Å². The highest BCUT2D eigenvalue weighted by atomic mass is 35.5. The van der Waals surface area contributed by atoms with E-state index >= 15 is 0 Å². The first kappa shape index (κ1) is 14.9. The molecule has 114 valence electrons. The van der Waals surface area contributed by atoms with E-state index in [9.17, 15) is 13.9 Å². The summed E-state index contributed by atoms with van der Waals surface area (Å²) in [6.07, 6.45) is -2.68. The third kappa shape index (κ3) is 2.36. The smallest absolute Gasteiger partial charge is 0.280 e. The molecule has 2 aromatic rings. The van der Waals surface area contributed by atoms with E-state index in [4.69, 9.17) is 16.9 Å². The quantitative estimate of drug-likeness (QED) is 0.942. The first-order valence-electron chi connectivity index (χ1n) is 6.63. The van der Waals surface area contributed by atoms with Crippen LogP contribution in [0.4, 0.5) is 14.5 Å². The first-order valence-corrected chi connectivity index (χ1v) is 7.01. The first-order chi connectivity index (χ1) is 10.5. The minimum absolute atomic E-state index is 0.258. The topological polar surface area (TPSA) is 60.1 Å². The lowest BCUT2D eigenvalue weighted by Crippen LogP contribution is -2.57. The number of hydrogen-bond donors (Lipinski definition) is 1. The molecule has 0 radical (unpaired) electrons. The van der Waals surface area contributed by atoms with Gasteiger partial charge in [0.15, 0.2) is 0 Å². The molecular weight excluding hydrogens is 312 g/mol. The molecule has 22 heavy (non-hydrogen) atoms. The van der Waals surface area contributed by atoms with Crippen LogP contribution in [0.25, 0.3) is 10.9 Å². The Kier molecular flexibility index (Phi) is 3.63. The van der Waals surface area contributed by atoms with Crippen molar-refractivity contribution in [3.05, 3.63) is 35.0 Å². The SMILES string of the molecule is N#CC1(CO)CN(c2cc(C(F)F)nc3ccc(Cl)cc23)C1. The average Bonchev–Trinajstić information content (AvgIpc) is 2.47. The summed E-state index contributed by atoms with van der Waals surface area (Å²) in [5.74, 6) is 0. The Morgan fingerprint density at radius 2 is 2.14 bits per heavy atom. The number of pyridine rings is 1. The summed E-state index contributed by atoms with van der Waals surface area (Å²) in [5.41, 5.74) is -0.167. The van der Waals surface area contributed by atoms with Crippen molar-refractivity contribution in [2.45, 2.75) is 6.43 Å². The van der Waals surface area contributed by atoms with Crippen molar-refractivity contribution in [2.24, 2.45) is 5.41 Å². The maximum atomic E-state index is 13.0. The lowest BCUT2D eigenvalue weighted by Gasteiger charge is -2.46. The zero-order valence-electron chi connectivity index (χ0n) is 11.4. The van der Waals surface area contributed by atoms with E-state index in [0.717, 1.165) is 0 Å². The Morgan fingerprint density at radius 1 is 1.41 bits per heavy atom. The van der Waals surface area contributed by atoms with Crippen LogP contribution in [0.2, 0.25) is 5.02 Å². The molecule has 4 nitrogen and oxygen atoms in total. The molecule has 0 saturated carbocycles. The number of aromatic nitrogens is 1. The predicted molar refractivity (Wildman–Crippen MR) is 79.1 cm³/mol. The summed E-state index contributed by atoms with van der Waals surface area (Å²) in [4.78, 5) is 5.73. The predicted octanol–water partition coefficient (Wildman–Crippen LogP) is 3.15. The maximum absolute atomic E-state index is 13.0. The highest BCUT2D eigenvalue weighted by molar-refractivity contribution is 6.31. The summed E-state index contributed by atoms with van der Waals surface area (Å²) in [6, 6.07) is 8.26. The number of halogens is 3. The van der Waals surface area contributed by atoms with Gasteiger partial charge in [0, 0.05) is 29.2 Å². The summed E-state index contributed by atoms with van der Waals surface area (Å²) >= 11 is 5.98. The minimum atomic E-state index is -2.68. The van der Waals surface area contributed by atoms with Crippen LogP contribution >= 0.6 is 11.6 Å². The number of rotatable bonds is 3. The molecular formula is C15H12ClF2N3O. The fourth-order valence-corrected chi connectivity index (χ4v) is 2.81. The second-order valence-electron chi connectivity index (χ2n) is 5.43. The van der Waals surface area contributed by atoms with Gasteiger partial charge in [0.25, 0.3) is 6.43 Å². The number of fused-ring (bicyclic) bond motifs is 1. The van der Waals surface area contributed by atoms with Crippen LogP contribution in [0.15, 0.2) is 24.3 Å². The number of hydrogen-bond acceptors (Lipinski definition) is 4. The van der Waals surface area contributed by atoms with Crippen LogP contribution in [0, 0.1) is 16.7 Å². The van der Waals surface area contributed by atoms with Crippen molar-refractivity contribution >= 4 is 28.2 Å². The van der Waals surface area contributed by atoms with E-state index in [1.807, 2.05) is 0 Å². The monoisotopic (exact) mass is 323 g/mol. The molecule has 1 saturated heterocycles. The zero-order valence-corrected chi connectivity index (χ0v) is 12.2. The number of benzene rings is 1. The average molecular weight is 324 g/mol.